The second-order valence-corrected chi connectivity index (χ2v) is 7.81. The van der Waals surface area contributed by atoms with Crippen LogP contribution in [0.4, 0.5) is 10.5 Å². The van der Waals surface area contributed by atoms with E-state index < -0.39 is 6.09 Å². The van der Waals surface area contributed by atoms with Crippen molar-refractivity contribution in [2.24, 2.45) is 9.98 Å². The van der Waals surface area contributed by atoms with Crippen LogP contribution in [-0.4, -0.2) is 54.3 Å². The van der Waals surface area contributed by atoms with Crippen LogP contribution in [-0.2, 0) is 16.1 Å². The molecule has 0 saturated heterocycles. The molecule has 0 saturated carbocycles. The molecule has 0 aliphatic carbocycles. The molecular formula is C23H22N4O6S. The van der Waals surface area contributed by atoms with E-state index in [9.17, 15) is 4.79 Å². The Kier molecular flexibility index (Phi) is 7.24. The van der Waals surface area contributed by atoms with Gasteiger partial charge in [-0.05, 0) is 42.7 Å². The summed E-state index contributed by atoms with van der Waals surface area (Å²) < 4.78 is 26.4. The van der Waals surface area contributed by atoms with Gasteiger partial charge in [-0.3, -0.25) is 0 Å². The van der Waals surface area contributed by atoms with Gasteiger partial charge in [-0.25, -0.2) is 9.79 Å². The van der Waals surface area contributed by atoms with Gasteiger partial charge in [-0.15, -0.1) is 11.8 Å². The van der Waals surface area contributed by atoms with Gasteiger partial charge in [0.1, 0.15) is 10.8 Å². The number of methoxy groups -OCH3 is 2. The largest absolute Gasteiger partial charge is 0.493 e. The lowest BCUT2D eigenvalue weighted by molar-refractivity contribution is -0.0180. The topological polar surface area (TPSA) is 118 Å². The van der Waals surface area contributed by atoms with E-state index >= 15 is 0 Å². The van der Waals surface area contributed by atoms with Crippen molar-refractivity contribution in [1.29, 1.82) is 0 Å². The van der Waals surface area contributed by atoms with Crippen LogP contribution in [0.1, 0.15) is 17.0 Å². The Morgan fingerprint density at radius 2 is 1.97 bits per heavy atom. The number of aromatic nitrogens is 2. The first-order chi connectivity index (χ1) is 16.5. The van der Waals surface area contributed by atoms with E-state index in [4.69, 9.17) is 28.5 Å². The molecule has 34 heavy (non-hydrogen) atoms. The molecule has 1 aliphatic rings. The molecule has 0 radical (unpaired) electrons. The first-order valence-electron chi connectivity index (χ1n) is 10.1. The van der Waals surface area contributed by atoms with E-state index in [1.54, 1.807) is 26.4 Å². The number of thioether (sulfide) groups is 1. The zero-order chi connectivity index (χ0) is 24.1. The normalized spacial score (nSPS) is 13.8. The minimum absolute atomic E-state index is 0.149. The third-order valence-electron chi connectivity index (χ3n) is 4.83. The van der Waals surface area contributed by atoms with Gasteiger partial charge in [0.15, 0.2) is 18.3 Å². The van der Waals surface area contributed by atoms with Gasteiger partial charge in [0.2, 0.25) is 11.7 Å². The summed E-state index contributed by atoms with van der Waals surface area (Å²) in [6.45, 7) is 2.24. The van der Waals surface area contributed by atoms with Gasteiger partial charge >= 0.3 is 6.09 Å². The highest BCUT2D eigenvalue weighted by Gasteiger charge is 2.22. The Labute approximate surface area is 200 Å². The highest BCUT2D eigenvalue weighted by molar-refractivity contribution is 8.15. The van der Waals surface area contributed by atoms with Gasteiger partial charge in [-0.2, -0.15) is 9.98 Å². The average molecular weight is 483 g/mol. The summed E-state index contributed by atoms with van der Waals surface area (Å²) in [7, 11) is 2.83. The number of amides is 1. The van der Waals surface area contributed by atoms with Gasteiger partial charge in [-0.1, -0.05) is 5.16 Å². The minimum Gasteiger partial charge on any atom is -0.493 e. The Morgan fingerprint density at radius 1 is 1.18 bits per heavy atom. The summed E-state index contributed by atoms with van der Waals surface area (Å²) in [6.07, 6.45) is 1.08. The van der Waals surface area contributed by atoms with Crippen LogP contribution in [0.25, 0.3) is 11.4 Å². The molecule has 1 aliphatic heterocycles. The molecule has 2 heterocycles. The lowest BCUT2D eigenvalue weighted by atomic mass is 10.0. The number of rotatable bonds is 5. The van der Waals surface area contributed by atoms with Crippen LogP contribution in [0.3, 0.4) is 0 Å². The standard InChI is InChI=1S/C23H22N4O6S/c1-13-24-21(27-33-13)14-5-7-17(8-6-14)25-19(22(34-4)26-23(28)30-3)15-9-16-11-31-12-32-20(16)18(10-15)29-2/h5-10H,11-12H2,1-4H3/b25-19?,26-22-. The summed E-state index contributed by atoms with van der Waals surface area (Å²) in [6, 6.07) is 11.0. The van der Waals surface area contributed by atoms with Crippen LogP contribution in [0.2, 0.25) is 0 Å². The number of fused-ring (bicyclic) bond motifs is 1. The first kappa shape index (κ1) is 23.5. The molecule has 1 amide bonds. The van der Waals surface area contributed by atoms with Crippen LogP contribution < -0.4 is 9.47 Å². The van der Waals surface area contributed by atoms with E-state index in [1.165, 1.54) is 18.9 Å². The number of nitrogens with zero attached hydrogens (tertiary/aromatic N) is 4. The van der Waals surface area contributed by atoms with Crippen molar-refractivity contribution in [3.8, 4) is 22.9 Å². The summed E-state index contributed by atoms with van der Waals surface area (Å²) >= 11 is 1.27. The zero-order valence-corrected chi connectivity index (χ0v) is 19.8. The van der Waals surface area contributed by atoms with Crippen molar-refractivity contribution in [1.82, 2.24) is 10.1 Å². The van der Waals surface area contributed by atoms with E-state index in [-0.39, 0.29) is 6.79 Å². The Morgan fingerprint density at radius 3 is 2.62 bits per heavy atom. The monoisotopic (exact) mass is 482 g/mol. The molecule has 176 valence electrons. The maximum Gasteiger partial charge on any atom is 0.434 e. The third-order valence-corrected chi connectivity index (χ3v) is 5.50. The summed E-state index contributed by atoms with van der Waals surface area (Å²) in [4.78, 5) is 25.1. The Balaban J connectivity index is 1.81. The number of carbonyl (C=O) groups excluding carboxylic acids is 1. The van der Waals surface area contributed by atoms with Gasteiger partial charge in [0, 0.05) is 23.6 Å². The molecule has 2 aromatic carbocycles. The number of aryl methyl sites for hydroxylation is 1. The van der Waals surface area contributed by atoms with Gasteiger partial charge < -0.3 is 23.5 Å². The number of benzene rings is 2. The lowest BCUT2D eigenvalue weighted by Crippen LogP contribution is -2.17. The first-order valence-corrected chi connectivity index (χ1v) is 11.4. The smallest absolute Gasteiger partial charge is 0.434 e. The lowest BCUT2D eigenvalue weighted by Gasteiger charge is -2.21. The van der Waals surface area contributed by atoms with Crippen molar-refractivity contribution < 1.29 is 28.3 Å². The molecule has 0 spiro atoms. The van der Waals surface area contributed by atoms with E-state index in [2.05, 4.69) is 15.1 Å². The Bertz CT molecular complexity index is 1240. The second kappa shape index (κ2) is 10.5. The van der Waals surface area contributed by atoms with Crippen molar-refractivity contribution in [2.45, 2.75) is 13.5 Å². The SMILES string of the molecule is COC(=O)/N=C(\SC)C(=Nc1ccc(-c2noc(C)n2)cc1)c1cc2c(c(OC)c1)OCOC2. The number of ether oxygens (including phenoxy) is 4. The summed E-state index contributed by atoms with van der Waals surface area (Å²) in [5.41, 5.74) is 3.37. The average Bonchev–Trinajstić information content (AvgIpc) is 3.31. The highest BCUT2D eigenvalue weighted by atomic mass is 32.2. The Hall–Kier alpha value is -3.70. The van der Waals surface area contributed by atoms with Crippen LogP contribution in [0, 0.1) is 6.92 Å². The molecule has 0 bridgehead atoms. The predicted octanol–water partition coefficient (Wildman–Crippen LogP) is 4.57. The molecule has 0 unspecified atom stereocenters. The van der Waals surface area contributed by atoms with E-state index in [0.717, 1.165) is 11.1 Å². The number of aliphatic imine (C=N–C) groups is 2. The van der Waals surface area contributed by atoms with Crippen LogP contribution in [0.5, 0.6) is 11.5 Å². The molecule has 0 atom stereocenters. The second-order valence-electron chi connectivity index (χ2n) is 7.01. The fourth-order valence-corrected chi connectivity index (χ4v) is 3.78. The molecule has 3 aromatic rings. The van der Waals surface area contributed by atoms with E-state index in [1.807, 2.05) is 30.3 Å². The maximum atomic E-state index is 12.0. The van der Waals surface area contributed by atoms with E-state index in [0.29, 0.717) is 51.8 Å². The number of hydrogen-bond donors (Lipinski definition) is 0. The minimum atomic E-state index is -0.725. The fourth-order valence-electron chi connectivity index (χ4n) is 3.26. The van der Waals surface area contributed by atoms with Gasteiger partial charge in [0.05, 0.1) is 26.5 Å². The molecule has 0 N–H and O–H groups in total. The van der Waals surface area contributed by atoms with Crippen molar-refractivity contribution in [3.05, 3.63) is 53.4 Å². The van der Waals surface area contributed by atoms with Crippen LogP contribution >= 0.6 is 11.8 Å². The third kappa shape index (κ3) is 5.10. The maximum absolute atomic E-state index is 12.0. The summed E-state index contributed by atoms with van der Waals surface area (Å²) in [5, 5.41) is 4.31. The summed E-state index contributed by atoms with van der Waals surface area (Å²) in [5.74, 6) is 2.12. The molecule has 10 nitrogen and oxygen atoms in total. The molecule has 4 rings (SSSR count). The van der Waals surface area contributed by atoms with Crippen molar-refractivity contribution in [3.63, 3.8) is 0 Å². The quantitative estimate of drug-likeness (QED) is 0.381. The zero-order valence-electron chi connectivity index (χ0n) is 19.0. The van der Waals surface area contributed by atoms with Crippen LogP contribution in [0.15, 0.2) is 50.9 Å². The fraction of sp³-hybridized carbons (Fsp3) is 0.261. The van der Waals surface area contributed by atoms with Crippen molar-refractivity contribution in [2.75, 3.05) is 27.3 Å². The van der Waals surface area contributed by atoms with Gasteiger partial charge in [0.25, 0.3) is 0 Å². The highest BCUT2D eigenvalue weighted by Crippen LogP contribution is 2.36. The molecule has 11 heteroatoms. The van der Waals surface area contributed by atoms with Crippen molar-refractivity contribution >= 4 is 34.3 Å². The number of hydrogen-bond acceptors (Lipinski definition) is 10. The number of carbonyl (C=O) groups is 1. The molecule has 1 aromatic heterocycles. The predicted molar refractivity (Wildman–Crippen MR) is 127 cm³/mol. The molecule has 0 fully saturated rings. The molecular weight excluding hydrogens is 460 g/mol.